The Morgan fingerprint density at radius 1 is 1.32 bits per heavy atom. The summed E-state index contributed by atoms with van der Waals surface area (Å²) in [5.41, 5.74) is 0.0366. The number of nitrogens with one attached hydrogen (secondary N) is 1. The molecule has 1 rings (SSSR count). The summed E-state index contributed by atoms with van der Waals surface area (Å²) in [5.74, 6) is 1.17. The van der Waals surface area contributed by atoms with Gasteiger partial charge in [0, 0.05) is 13.1 Å². The van der Waals surface area contributed by atoms with Gasteiger partial charge in [0.25, 0.3) is 0 Å². The maximum atomic E-state index is 9.63. The van der Waals surface area contributed by atoms with Crippen LogP contribution in [0.15, 0.2) is 4.47 Å². The molecule has 0 saturated carbocycles. The molecule has 0 aliphatic carbocycles. The van der Waals surface area contributed by atoms with Crippen LogP contribution in [0, 0.1) is 12.3 Å². The van der Waals surface area contributed by atoms with Gasteiger partial charge < -0.3 is 10.1 Å². The number of unbranched alkanes of at least 4 members (excludes halogenated alkanes) is 3. The van der Waals surface area contributed by atoms with E-state index in [1.807, 2.05) is 0 Å². The van der Waals surface area contributed by atoms with Crippen LogP contribution in [0.1, 0.15) is 45.4 Å². The van der Waals surface area contributed by atoms with E-state index in [1.54, 1.807) is 6.92 Å². The molecule has 6 heteroatoms. The van der Waals surface area contributed by atoms with Crippen molar-refractivity contribution in [3.05, 3.63) is 15.8 Å². The second-order valence-corrected chi connectivity index (χ2v) is 5.39. The summed E-state index contributed by atoms with van der Waals surface area (Å²) in [7, 11) is 0. The lowest BCUT2D eigenvalue weighted by Crippen LogP contribution is -2.31. The largest absolute Gasteiger partial charge is 0.425 e. The SMILES string of the molecule is CCCCCCN(CC)c1nc(C)n(O)c(=N)c1Br. The summed E-state index contributed by atoms with van der Waals surface area (Å²) in [6, 6.07) is 0. The second-order valence-electron chi connectivity index (χ2n) is 4.60. The molecule has 19 heavy (non-hydrogen) atoms. The van der Waals surface area contributed by atoms with Crippen molar-refractivity contribution in [3.63, 3.8) is 0 Å². The van der Waals surface area contributed by atoms with Gasteiger partial charge in [-0.1, -0.05) is 26.2 Å². The van der Waals surface area contributed by atoms with Gasteiger partial charge in [-0.3, -0.25) is 5.41 Å². The maximum absolute atomic E-state index is 9.63. The maximum Gasteiger partial charge on any atom is 0.180 e. The molecular formula is C13H23BrN4O. The molecular weight excluding hydrogens is 308 g/mol. The molecule has 1 aromatic rings. The lowest BCUT2D eigenvalue weighted by atomic mass is 10.2. The molecule has 0 aromatic carbocycles. The minimum absolute atomic E-state index is 0.0366. The number of anilines is 1. The predicted octanol–water partition coefficient (Wildman–Crippen LogP) is 3.08. The molecule has 1 heterocycles. The van der Waals surface area contributed by atoms with Crippen molar-refractivity contribution in [1.29, 1.82) is 5.41 Å². The molecule has 0 saturated heterocycles. The zero-order chi connectivity index (χ0) is 14.4. The molecule has 2 N–H and O–H groups in total. The zero-order valence-corrected chi connectivity index (χ0v) is 13.5. The molecule has 0 unspecified atom stereocenters. The van der Waals surface area contributed by atoms with E-state index in [1.165, 1.54) is 19.3 Å². The molecule has 0 aliphatic heterocycles. The highest BCUT2D eigenvalue weighted by atomic mass is 79.9. The molecule has 108 valence electrons. The summed E-state index contributed by atoms with van der Waals surface area (Å²) in [6.45, 7) is 7.73. The third-order valence-corrected chi connectivity index (χ3v) is 3.88. The summed E-state index contributed by atoms with van der Waals surface area (Å²) in [6.07, 6.45) is 4.81. The normalized spacial score (nSPS) is 10.7. The van der Waals surface area contributed by atoms with Crippen molar-refractivity contribution in [2.75, 3.05) is 18.0 Å². The highest BCUT2D eigenvalue weighted by Gasteiger charge is 2.14. The zero-order valence-electron chi connectivity index (χ0n) is 11.9. The molecule has 5 nitrogen and oxygen atoms in total. The Balaban J connectivity index is 2.90. The molecule has 0 fully saturated rings. The summed E-state index contributed by atoms with van der Waals surface area (Å²) in [5, 5.41) is 17.5. The Bertz CT molecular complexity index is 472. The van der Waals surface area contributed by atoms with Gasteiger partial charge in [0.15, 0.2) is 5.49 Å². The highest BCUT2D eigenvalue weighted by Crippen LogP contribution is 2.20. The molecule has 0 amide bonds. The van der Waals surface area contributed by atoms with Crippen LogP contribution in [0.25, 0.3) is 0 Å². The fraction of sp³-hybridized carbons (Fsp3) is 0.692. The van der Waals surface area contributed by atoms with Crippen LogP contribution in [-0.4, -0.2) is 28.0 Å². The van der Waals surface area contributed by atoms with E-state index in [9.17, 15) is 5.21 Å². The third kappa shape index (κ3) is 3.96. The number of aromatic nitrogens is 2. The first-order valence-corrected chi connectivity index (χ1v) is 7.60. The smallest absolute Gasteiger partial charge is 0.180 e. The molecule has 0 radical (unpaired) electrons. The molecule has 0 atom stereocenters. The Hall–Kier alpha value is -1.04. The van der Waals surface area contributed by atoms with Gasteiger partial charge in [-0.25, -0.2) is 4.98 Å². The number of halogens is 1. The predicted molar refractivity (Wildman–Crippen MR) is 79.7 cm³/mol. The summed E-state index contributed by atoms with van der Waals surface area (Å²) in [4.78, 5) is 6.52. The van der Waals surface area contributed by atoms with Crippen LogP contribution in [0.2, 0.25) is 0 Å². The average molecular weight is 331 g/mol. The highest BCUT2D eigenvalue weighted by molar-refractivity contribution is 9.10. The lowest BCUT2D eigenvalue weighted by Gasteiger charge is -2.23. The van der Waals surface area contributed by atoms with Gasteiger partial charge >= 0.3 is 0 Å². The van der Waals surface area contributed by atoms with Gasteiger partial charge in [0.2, 0.25) is 0 Å². The fourth-order valence-electron chi connectivity index (χ4n) is 1.96. The summed E-state index contributed by atoms with van der Waals surface area (Å²) < 4.78 is 1.33. The van der Waals surface area contributed by atoms with Crippen molar-refractivity contribution in [2.24, 2.45) is 0 Å². The van der Waals surface area contributed by atoms with E-state index in [0.717, 1.165) is 30.1 Å². The first-order chi connectivity index (χ1) is 9.02. The second kappa shape index (κ2) is 7.53. The van der Waals surface area contributed by atoms with Crippen LogP contribution in [-0.2, 0) is 0 Å². The number of rotatable bonds is 7. The van der Waals surface area contributed by atoms with Crippen molar-refractivity contribution >= 4 is 21.7 Å². The molecule has 0 spiro atoms. The van der Waals surface area contributed by atoms with Crippen molar-refractivity contribution < 1.29 is 5.21 Å². The quantitative estimate of drug-likeness (QED) is 0.596. The van der Waals surface area contributed by atoms with Gasteiger partial charge in [-0.2, -0.15) is 4.73 Å². The molecule has 1 aromatic heterocycles. The first-order valence-electron chi connectivity index (χ1n) is 6.80. The Labute approximate surface area is 122 Å². The first kappa shape index (κ1) is 16.0. The van der Waals surface area contributed by atoms with Gasteiger partial charge in [-0.05, 0) is 36.2 Å². The third-order valence-electron chi connectivity index (χ3n) is 3.15. The molecule has 0 bridgehead atoms. The Morgan fingerprint density at radius 2 is 2.00 bits per heavy atom. The standard InChI is InChI=1S/C13H23BrN4O/c1-4-6-7-8-9-17(5-2)13-11(14)12(15)18(19)10(3)16-13/h15,19H,4-9H2,1-3H3. The Kier molecular flexibility index (Phi) is 6.34. The van der Waals surface area contributed by atoms with Crippen LogP contribution >= 0.6 is 15.9 Å². The van der Waals surface area contributed by atoms with Crippen LogP contribution in [0.3, 0.4) is 0 Å². The minimum Gasteiger partial charge on any atom is -0.425 e. The van der Waals surface area contributed by atoms with E-state index in [4.69, 9.17) is 5.41 Å². The van der Waals surface area contributed by atoms with Crippen molar-refractivity contribution in [3.8, 4) is 0 Å². The van der Waals surface area contributed by atoms with E-state index in [-0.39, 0.29) is 5.49 Å². The number of nitrogens with zero attached hydrogens (tertiary/aromatic N) is 3. The number of aryl methyl sites for hydroxylation is 1. The van der Waals surface area contributed by atoms with E-state index in [2.05, 4.69) is 39.7 Å². The topological polar surface area (TPSA) is 65.1 Å². The van der Waals surface area contributed by atoms with Gasteiger partial charge in [0.1, 0.15) is 16.1 Å². The van der Waals surface area contributed by atoms with Gasteiger partial charge in [0.05, 0.1) is 0 Å². The number of hydrogen-bond donors (Lipinski definition) is 2. The van der Waals surface area contributed by atoms with E-state index >= 15 is 0 Å². The van der Waals surface area contributed by atoms with E-state index < -0.39 is 0 Å². The van der Waals surface area contributed by atoms with Crippen LogP contribution < -0.4 is 10.4 Å². The molecule has 0 aliphatic rings. The lowest BCUT2D eigenvalue weighted by molar-refractivity contribution is 0.158. The Morgan fingerprint density at radius 3 is 2.58 bits per heavy atom. The minimum atomic E-state index is 0.0366. The monoisotopic (exact) mass is 330 g/mol. The van der Waals surface area contributed by atoms with Gasteiger partial charge in [-0.15, -0.1) is 0 Å². The van der Waals surface area contributed by atoms with Crippen molar-refractivity contribution in [1.82, 2.24) is 9.71 Å². The summed E-state index contributed by atoms with van der Waals surface area (Å²) >= 11 is 3.36. The average Bonchev–Trinajstić information content (AvgIpc) is 2.41. The van der Waals surface area contributed by atoms with E-state index in [0.29, 0.717) is 10.3 Å². The van der Waals surface area contributed by atoms with Crippen molar-refractivity contribution in [2.45, 2.75) is 46.5 Å². The van der Waals surface area contributed by atoms with Crippen LogP contribution in [0.4, 0.5) is 5.82 Å². The van der Waals surface area contributed by atoms with Crippen LogP contribution in [0.5, 0.6) is 0 Å². The fourth-order valence-corrected chi connectivity index (χ4v) is 2.47. The number of hydrogen-bond acceptors (Lipinski definition) is 4.